The average Bonchev–Trinajstić information content (AvgIpc) is 3.58. The molecule has 4 heterocycles. The van der Waals surface area contributed by atoms with Crippen molar-refractivity contribution in [3.63, 3.8) is 0 Å². The van der Waals surface area contributed by atoms with Gasteiger partial charge >= 0.3 is 0 Å². The lowest BCUT2D eigenvalue weighted by Crippen LogP contribution is -2.54. The number of pyridine rings is 1. The first-order chi connectivity index (χ1) is 21.9. The smallest absolute Gasteiger partial charge is 0.263 e. The van der Waals surface area contributed by atoms with Gasteiger partial charge < -0.3 is 14.5 Å². The number of piperidine rings is 1. The summed E-state index contributed by atoms with van der Waals surface area (Å²) in [5.74, 6) is 3.95. The van der Waals surface area contributed by atoms with Crippen LogP contribution in [0.5, 0.6) is 0 Å². The molecule has 0 saturated carbocycles. The zero-order chi connectivity index (χ0) is 31.3. The summed E-state index contributed by atoms with van der Waals surface area (Å²) in [6.07, 6.45) is 3.80. The summed E-state index contributed by atoms with van der Waals surface area (Å²) in [6.45, 7) is 0.158. The minimum atomic E-state index is -1.04. The first kappa shape index (κ1) is 29.5. The molecule has 2 N–H and O–H groups in total. The summed E-state index contributed by atoms with van der Waals surface area (Å²) in [5, 5.41) is 5.94. The molecule has 226 valence electrons. The Labute approximate surface area is 257 Å². The van der Waals surface area contributed by atoms with Gasteiger partial charge in [0.1, 0.15) is 30.1 Å². The highest BCUT2D eigenvalue weighted by molar-refractivity contribution is 6.24. The highest BCUT2D eigenvalue weighted by atomic mass is 16.5. The lowest BCUT2D eigenvalue weighted by Gasteiger charge is -2.27. The van der Waals surface area contributed by atoms with Crippen LogP contribution in [0.25, 0.3) is 11.0 Å². The molecule has 0 radical (unpaired) electrons. The summed E-state index contributed by atoms with van der Waals surface area (Å²) in [7, 11) is 0. The SMILES string of the molecule is O=C(COC(c1cccnc1)c1cc2ccccc2o1)NCCCC#Cc1cccc2c1C(=O)N(C1CCC(=O)NC1=O)C2=O. The molecule has 2 aliphatic heterocycles. The fraction of sp³-hybridized carbons (Fsp3) is 0.235. The van der Waals surface area contributed by atoms with E-state index in [4.69, 9.17) is 9.15 Å². The van der Waals surface area contributed by atoms with Crippen LogP contribution in [-0.2, 0) is 19.1 Å². The van der Waals surface area contributed by atoms with Crippen molar-refractivity contribution in [2.24, 2.45) is 0 Å². The molecule has 0 bridgehead atoms. The van der Waals surface area contributed by atoms with Gasteiger partial charge in [-0.15, -0.1) is 0 Å². The van der Waals surface area contributed by atoms with E-state index < -0.39 is 35.8 Å². The maximum absolute atomic E-state index is 13.2. The van der Waals surface area contributed by atoms with E-state index in [0.29, 0.717) is 30.7 Å². The van der Waals surface area contributed by atoms with Gasteiger partial charge in [-0.1, -0.05) is 42.2 Å². The van der Waals surface area contributed by atoms with Gasteiger partial charge in [0.15, 0.2) is 0 Å². The molecule has 2 unspecified atom stereocenters. The number of amides is 5. The predicted octanol–water partition coefficient (Wildman–Crippen LogP) is 3.28. The molecule has 11 nitrogen and oxygen atoms in total. The zero-order valence-electron chi connectivity index (χ0n) is 24.1. The summed E-state index contributed by atoms with van der Waals surface area (Å²) in [6, 6.07) is 16.9. The van der Waals surface area contributed by atoms with E-state index in [1.807, 2.05) is 36.4 Å². The van der Waals surface area contributed by atoms with Gasteiger partial charge in [-0.2, -0.15) is 0 Å². The summed E-state index contributed by atoms with van der Waals surface area (Å²) < 4.78 is 12.0. The van der Waals surface area contributed by atoms with Gasteiger partial charge in [-0.25, -0.2) is 0 Å². The number of furan rings is 1. The topological polar surface area (TPSA) is 148 Å². The van der Waals surface area contributed by atoms with Crippen LogP contribution >= 0.6 is 0 Å². The number of fused-ring (bicyclic) bond motifs is 2. The Bertz CT molecular complexity index is 1840. The van der Waals surface area contributed by atoms with E-state index in [9.17, 15) is 24.0 Å². The van der Waals surface area contributed by atoms with Crippen molar-refractivity contribution >= 4 is 40.5 Å². The predicted molar refractivity (Wildman–Crippen MR) is 160 cm³/mol. The number of rotatable bonds is 9. The number of para-hydroxylation sites is 1. The maximum Gasteiger partial charge on any atom is 0.263 e. The fourth-order valence-electron chi connectivity index (χ4n) is 5.40. The first-order valence-electron chi connectivity index (χ1n) is 14.5. The van der Waals surface area contributed by atoms with E-state index in [2.05, 4.69) is 27.5 Å². The highest BCUT2D eigenvalue weighted by Crippen LogP contribution is 2.31. The van der Waals surface area contributed by atoms with Crippen molar-refractivity contribution in [3.05, 3.63) is 101 Å². The number of carbonyl (C=O) groups excluding carboxylic acids is 5. The molecular formula is C34H28N4O7. The second-order valence-corrected chi connectivity index (χ2v) is 10.6. The second kappa shape index (κ2) is 13.0. The third-order valence-electron chi connectivity index (χ3n) is 7.56. The van der Waals surface area contributed by atoms with Crippen LogP contribution in [-0.4, -0.2) is 58.6 Å². The van der Waals surface area contributed by atoms with Gasteiger partial charge in [0, 0.05) is 48.3 Å². The molecule has 5 amide bonds. The molecule has 4 aromatic rings. The Morgan fingerprint density at radius 1 is 1.09 bits per heavy atom. The molecule has 2 atom stereocenters. The Balaban J connectivity index is 1.02. The molecular weight excluding hydrogens is 576 g/mol. The molecule has 11 heteroatoms. The second-order valence-electron chi connectivity index (χ2n) is 10.6. The number of unbranched alkanes of at least 4 members (excludes halogenated alkanes) is 1. The number of carbonyl (C=O) groups is 5. The third-order valence-corrected chi connectivity index (χ3v) is 7.56. The van der Waals surface area contributed by atoms with E-state index in [1.54, 1.807) is 30.6 Å². The average molecular weight is 605 g/mol. The number of hydrogen-bond donors (Lipinski definition) is 2. The number of hydrogen-bond acceptors (Lipinski definition) is 8. The van der Waals surface area contributed by atoms with Gasteiger partial charge in [0.2, 0.25) is 17.7 Å². The van der Waals surface area contributed by atoms with Gasteiger partial charge in [-0.05, 0) is 43.2 Å². The van der Waals surface area contributed by atoms with Crippen LogP contribution in [0.4, 0.5) is 0 Å². The molecule has 1 fully saturated rings. The molecule has 1 saturated heterocycles. The normalized spacial score (nSPS) is 16.6. The number of imide groups is 2. The molecule has 6 rings (SSSR count). The quantitative estimate of drug-likeness (QED) is 0.168. The molecule has 2 aromatic heterocycles. The van der Waals surface area contributed by atoms with Crippen molar-refractivity contribution in [1.82, 2.24) is 20.5 Å². The molecule has 0 spiro atoms. The Hall–Kier alpha value is -5.60. The first-order valence-corrected chi connectivity index (χ1v) is 14.5. The zero-order valence-corrected chi connectivity index (χ0v) is 24.1. The third kappa shape index (κ3) is 6.23. The molecule has 2 aromatic carbocycles. The fourth-order valence-corrected chi connectivity index (χ4v) is 5.40. The van der Waals surface area contributed by atoms with Crippen LogP contribution < -0.4 is 10.6 Å². The molecule has 0 aliphatic carbocycles. The number of nitrogens with zero attached hydrogens (tertiary/aromatic N) is 2. The van der Waals surface area contributed by atoms with Crippen molar-refractivity contribution in [2.45, 2.75) is 37.8 Å². The van der Waals surface area contributed by atoms with Crippen molar-refractivity contribution in [2.75, 3.05) is 13.2 Å². The van der Waals surface area contributed by atoms with Crippen molar-refractivity contribution in [3.8, 4) is 11.8 Å². The number of ether oxygens (including phenoxy) is 1. The van der Waals surface area contributed by atoms with E-state index in [1.165, 1.54) is 6.07 Å². The maximum atomic E-state index is 13.2. The van der Waals surface area contributed by atoms with Crippen molar-refractivity contribution in [1.29, 1.82) is 0 Å². The summed E-state index contributed by atoms with van der Waals surface area (Å²) in [4.78, 5) is 67.7. The van der Waals surface area contributed by atoms with E-state index in [0.717, 1.165) is 21.4 Å². The van der Waals surface area contributed by atoms with Crippen LogP contribution in [0.15, 0.2) is 77.5 Å². The lowest BCUT2D eigenvalue weighted by atomic mass is 10.0. The minimum Gasteiger partial charge on any atom is -0.458 e. The van der Waals surface area contributed by atoms with Crippen LogP contribution in [0.3, 0.4) is 0 Å². The van der Waals surface area contributed by atoms with Crippen LogP contribution in [0, 0.1) is 11.8 Å². The number of nitrogens with one attached hydrogen (secondary N) is 2. The number of aromatic nitrogens is 1. The van der Waals surface area contributed by atoms with Gasteiger partial charge in [0.05, 0.1) is 11.1 Å². The molecule has 2 aliphatic rings. The van der Waals surface area contributed by atoms with Crippen molar-refractivity contribution < 1.29 is 33.1 Å². The summed E-state index contributed by atoms with van der Waals surface area (Å²) in [5.41, 5.74) is 2.19. The minimum absolute atomic E-state index is 0.0471. The summed E-state index contributed by atoms with van der Waals surface area (Å²) >= 11 is 0. The van der Waals surface area contributed by atoms with Gasteiger partial charge in [-0.3, -0.25) is 39.2 Å². The van der Waals surface area contributed by atoms with Crippen LogP contribution in [0.2, 0.25) is 0 Å². The lowest BCUT2D eigenvalue weighted by molar-refractivity contribution is -0.136. The Kier molecular flexibility index (Phi) is 8.48. The monoisotopic (exact) mass is 604 g/mol. The number of benzene rings is 2. The van der Waals surface area contributed by atoms with Crippen LogP contribution in [0.1, 0.15) is 69.4 Å². The largest absolute Gasteiger partial charge is 0.458 e. The van der Waals surface area contributed by atoms with Gasteiger partial charge in [0.25, 0.3) is 11.8 Å². The van der Waals surface area contributed by atoms with E-state index in [-0.39, 0.29) is 36.5 Å². The standard InChI is InChI=1S/C34H28N4O7/c39-28-15-14-25(32(41)37-28)38-33(42)24-12-6-10-21(30(24)34(38)43)8-2-1-5-17-36-29(40)20-44-31(23-11-7-16-35-19-23)27-18-22-9-3-4-13-26(22)45-27/h3-4,6-7,9-13,16,18-19,25,31H,1,5,14-15,17,20H2,(H,36,40)(H,37,39,41). The Morgan fingerprint density at radius 2 is 1.96 bits per heavy atom. The Morgan fingerprint density at radius 3 is 2.76 bits per heavy atom. The highest BCUT2D eigenvalue weighted by Gasteiger charge is 2.45. The van der Waals surface area contributed by atoms with E-state index >= 15 is 0 Å². The molecule has 45 heavy (non-hydrogen) atoms.